The van der Waals surface area contributed by atoms with Gasteiger partial charge in [-0.05, 0) is 44.4 Å². The van der Waals surface area contributed by atoms with Crippen molar-refractivity contribution in [3.63, 3.8) is 0 Å². The first-order valence-corrected chi connectivity index (χ1v) is 7.48. The molecule has 0 bridgehead atoms. The van der Waals surface area contributed by atoms with Crippen molar-refractivity contribution in [1.82, 2.24) is 9.80 Å². The van der Waals surface area contributed by atoms with Gasteiger partial charge in [0, 0.05) is 19.1 Å². The van der Waals surface area contributed by atoms with Gasteiger partial charge in [-0.25, -0.2) is 9.59 Å². The quantitative estimate of drug-likeness (QED) is 0.788. The average molecular weight is 266 g/mol. The van der Waals surface area contributed by atoms with Gasteiger partial charge in [-0.2, -0.15) is 0 Å². The lowest BCUT2D eigenvalue weighted by atomic mass is 9.92. The number of carboxylic acids is 1. The minimum absolute atomic E-state index is 0.0264. The number of likely N-dealkylation sites (tertiary alicyclic amines) is 2. The third kappa shape index (κ3) is 2.19. The number of piperidine rings is 1. The summed E-state index contributed by atoms with van der Waals surface area (Å²) in [6, 6.07) is -0.257. The van der Waals surface area contributed by atoms with Gasteiger partial charge in [-0.1, -0.05) is 6.42 Å². The summed E-state index contributed by atoms with van der Waals surface area (Å²) >= 11 is 0. The molecule has 5 heteroatoms. The molecule has 1 aliphatic carbocycles. The van der Waals surface area contributed by atoms with E-state index in [-0.39, 0.29) is 6.03 Å². The lowest BCUT2D eigenvalue weighted by Gasteiger charge is -2.40. The molecule has 3 fully saturated rings. The van der Waals surface area contributed by atoms with Gasteiger partial charge in [0.15, 0.2) is 0 Å². The molecule has 5 nitrogen and oxygen atoms in total. The van der Waals surface area contributed by atoms with Crippen molar-refractivity contribution < 1.29 is 14.7 Å². The number of fused-ring (bicyclic) bond motifs is 1. The van der Waals surface area contributed by atoms with Gasteiger partial charge in [-0.3, -0.25) is 0 Å². The van der Waals surface area contributed by atoms with E-state index in [4.69, 9.17) is 0 Å². The van der Waals surface area contributed by atoms with Gasteiger partial charge in [0.1, 0.15) is 6.04 Å². The molecule has 106 valence electrons. The number of nitrogens with zero attached hydrogens (tertiary/aromatic N) is 2. The average Bonchev–Trinajstić information content (AvgIpc) is 3.05. The third-order valence-corrected chi connectivity index (χ3v) is 5.02. The fourth-order valence-corrected chi connectivity index (χ4v) is 4.11. The number of hydrogen-bond donors (Lipinski definition) is 1. The Kier molecular flexibility index (Phi) is 3.37. The Morgan fingerprint density at radius 3 is 2.37 bits per heavy atom. The van der Waals surface area contributed by atoms with E-state index >= 15 is 0 Å². The van der Waals surface area contributed by atoms with Crippen molar-refractivity contribution in [1.29, 1.82) is 0 Å². The standard InChI is InChI=1S/C14H22N2O3/c17-13(18)12-7-3-9-16(12)14(19)15-8-2-5-10-4-1-6-11(10)15/h10-12H,1-9H2,(H,17,18). The maximum atomic E-state index is 12.6. The second-order valence-corrected chi connectivity index (χ2v) is 6.07. The smallest absolute Gasteiger partial charge is 0.326 e. The lowest BCUT2D eigenvalue weighted by molar-refractivity contribution is -0.141. The molecule has 1 saturated carbocycles. The molecule has 3 aliphatic rings. The largest absolute Gasteiger partial charge is 0.480 e. The predicted octanol–water partition coefficient (Wildman–Crippen LogP) is 1.92. The maximum absolute atomic E-state index is 12.6. The molecule has 0 aromatic carbocycles. The zero-order valence-electron chi connectivity index (χ0n) is 11.3. The highest BCUT2D eigenvalue weighted by Crippen LogP contribution is 2.37. The molecular weight excluding hydrogens is 244 g/mol. The first-order chi connectivity index (χ1) is 9.18. The van der Waals surface area contributed by atoms with E-state index in [0.29, 0.717) is 24.9 Å². The number of carbonyl (C=O) groups is 2. The summed E-state index contributed by atoms with van der Waals surface area (Å²) in [6.07, 6.45) is 7.25. The van der Waals surface area contributed by atoms with Gasteiger partial charge < -0.3 is 14.9 Å². The molecule has 19 heavy (non-hydrogen) atoms. The first kappa shape index (κ1) is 12.8. The Bertz CT molecular complexity index is 385. The van der Waals surface area contributed by atoms with Crippen molar-refractivity contribution in [2.45, 2.75) is 57.0 Å². The van der Waals surface area contributed by atoms with Crippen LogP contribution in [-0.2, 0) is 4.79 Å². The van der Waals surface area contributed by atoms with Crippen LogP contribution in [0.5, 0.6) is 0 Å². The number of amides is 2. The Morgan fingerprint density at radius 1 is 0.895 bits per heavy atom. The summed E-state index contributed by atoms with van der Waals surface area (Å²) in [5, 5.41) is 9.21. The van der Waals surface area contributed by atoms with Crippen molar-refractivity contribution in [2.75, 3.05) is 13.1 Å². The van der Waals surface area contributed by atoms with Gasteiger partial charge in [0.25, 0.3) is 0 Å². The zero-order chi connectivity index (χ0) is 13.4. The van der Waals surface area contributed by atoms with Crippen LogP contribution in [0.15, 0.2) is 0 Å². The molecule has 0 aromatic rings. The number of carboxylic acid groups (broad SMARTS) is 1. The topological polar surface area (TPSA) is 60.9 Å². The van der Waals surface area contributed by atoms with E-state index in [0.717, 1.165) is 25.8 Å². The molecular formula is C14H22N2O3. The van der Waals surface area contributed by atoms with Crippen molar-refractivity contribution >= 4 is 12.0 Å². The predicted molar refractivity (Wildman–Crippen MR) is 69.8 cm³/mol. The summed E-state index contributed by atoms with van der Waals surface area (Å²) in [5.41, 5.74) is 0. The Hall–Kier alpha value is -1.26. The highest BCUT2D eigenvalue weighted by molar-refractivity contribution is 5.83. The van der Waals surface area contributed by atoms with Crippen LogP contribution in [-0.4, -0.2) is 52.1 Å². The number of aliphatic carboxylic acids is 1. The summed E-state index contributed by atoms with van der Waals surface area (Å²) in [7, 11) is 0. The van der Waals surface area contributed by atoms with Crippen LogP contribution in [0.25, 0.3) is 0 Å². The van der Waals surface area contributed by atoms with Crippen molar-refractivity contribution in [3.8, 4) is 0 Å². The van der Waals surface area contributed by atoms with Gasteiger partial charge in [-0.15, -0.1) is 0 Å². The van der Waals surface area contributed by atoms with E-state index in [1.165, 1.54) is 19.3 Å². The Morgan fingerprint density at radius 2 is 1.58 bits per heavy atom. The molecule has 3 rings (SSSR count). The summed E-state index contributed by atoms with van der Waals surface area (Å²) < 4.78 is 0. The SMILES string of the molecule is O=C(O)C1CCCN1C(=O)N1CCCC2CCCC21. The molecule has 1 N–H and O–H groups in total. The van der Waals surface area contributed by atoms with Crippen LogP contribution in [0.3, 0.4) is 0 Å². The number of urea groups is 1. The number of hydrogen-bond acceptors (Lipinski definition) is 2. The van der Waals surface area contributed by atoms with Crippen LogP contribution in [0.1, 0.15) is 44.9 Å². The minimum Gasteiger partial charge on any atom is -0.480 e. The Labute approximate surface area is 113 Å². The van der Waals surface area contributed by atoms with Crippen molar-refractivity contribution in [2.24, 2.45) is 5.92 Å². The molecule has 2 saturated heterocycles. The molecule has 2 aliphatic heterocycles. The fourth-order valence-electron chi connectivity index (χ4n) is 4.11. The summed E-state index contributed by atoms with van der Waals surface area (Å²) in [4.78, 5) is 27.4. The van der Waals surface area contributed by atoms with E-state index in [1.807, 2.05) is 4.90 Å². The summed E-state index contributed by atoms with van der Waals surface area (Å²) in [6.45, 7) is 1.41. The first-order valence-electron chi connectivity index (χ1n) is 7.48. The van der Waals surface area contributed by atoms with Crippen molar-refractivity contribution in [3.05, 3.63) is 0 Å². The maximum Gasteiger partial charge on any atom is 0.326 e. The van der Waals surface area contributed by atoms with Gasteiger partial charge in [0.2, 0.25) is 0 Å². The van der Waals surface area contributed by atoms with E-state index < -0.39 is 12.0 Å². The minimum atomic E-state index is -0.856. The van der Waals surface area contributed by atoms with Crippen LogP contribution < -0.4 is 0 Å². The fraction of sp³-hybridized carbons (Fsp3) is 0.857. The van der Waals surface area contributed by atoms with Gasteiger partial charge in [0.05, 0.1) is 0 Å². The van der Waals surface area contributed by atoms with E-state index in [1.54, 1.807) is 4.90 Å². The molecule has 0 spiro atoms. The van der Waals surface area contributed by atoms with Gasteiger partial charge >= 0.3 is 12.0 Å². The normalized spacial score (nSPS) is 34.4. The van der Waals surface area contributed by atoms with E-state index in [2.05, 4.69) is 0 Å². The molecule has 3 atom stereocenters. The molecule has 2 heterocycles. The second-order valence-electron chi connectivity index (χ2n) is 6.07. The Balaban J connectivity index is 1.74. The number of carbonyl (C=O) groups excluding carboxylic acids is 1. The monoisotopic (exact) mass is 266 g/mol. The van der Waals surface area contributed by atoms with Crippen LogP contribution in [0.2, 0.25) is 0 Å². The highest BCUT2D eigenvalue weighted by atomic mass is 16.4. The zero-order valence-corrected chi connectivity index (χ0v) is 11.3. The third-order valence-electron chi connectivity index (χ3n) is 5.02. The lowest BCUT2D eigenvalue weighted by Crippen LogP contribution is -2.54. The molecule has 2 amide bonds. The highest BCUT2D eigenvalue weighted by Gasteiger charge is 2.42. The van der Waals surface area contributed by atoms with Crippen LogP contribution in [0.4, 0.5) is 4.79 Å². The van der Waals surface area contributed by atoms with E-state index in [9.17, 15) is 14.7 Å². The number of rotatable bonds is 1. The van der Waals surface area contributed by atoms with Crippen LogP contribution >= 0.6 is 0 Å². The second kappa shape index (κ2) is 5.02. The summed E-state index contributed by atoms with van der Waals surface area (Å²) in [5.74, 6) is -0.200. The molecule has 3 unspecified atom stereocenters. The molecule has 0 aromatic heterocycles. The van der Waals surface area contributed by atoms with Crippen LogP contribution in [0, 0.1) is 5.92 Å². The molecule has 0 radical (unpaired) electrons.